The molecule has 1 aromatic carbocycles. The summed E-state index contributed by atoms with van der Waals surface area (Å²) >= 11 is 0. The van der Waals surface area contributed by atoms with E-state index in [2.05, 4.69) is 30.6 Å². The topological polar surface area (TPSA) is 173 Å². The van der Waals surface area contributed by atoms with Crippen LogP contribution in [0, 0.1) is 5.82 Å². The summed E-state index contributed by atoms with van der Waals surface area (Å²) < 4.78 is 38.6. The Morgan fingerprint density at radius 1 is 1.15 bits per heavy atom. The molecule has 0 spiro atoms. The van der Waals surface area contributed by atoms with Gasteiger partial charge in [0.25, 0.3) is 0 Å². The number of carbonyl (C=O) groups excluding carboxylic acids is 1. The Hall–Kier alpha value is -3.71. The number of carbonyl (C=O) groups is 1. The second-order valence-electron chi connectivity index (χ2n) is 7.35. The van der Waals surface area contributed by atoms with Crippen molar-refractivity contribution in [3.63, 3.8) is 0 Å². The molecule has 1 fully saturated rings. The predicted molar refractivity (Wildman–Crippen MR) is 116 cm³/mol. The van der Waals surface area contributed by atoms with Crippen molar-refractivity contribution in [2.24, 2.45) is 0 Å². The van der Waals surface area contributed by atoms with Crippen LogP contribution < -0.4 is 16.4 Å². The Kier molecular flexibility index (Phi) is 5.91. The maximum Gasteiger partial charge on any atom is 0.321 e. The zero-order valence-electron chi connectivity index (χ0n) is 17.2. The summed E-state index contributed by atoms with van der Waals surface area (Å²) in [5, 5.41) is 13.5. The van der Waals surface area contributed by atoms with E-state index < -0.39 is 26.4 Å². The van der Waals surface area contributed by atoms with Crippen LogP contribution in [0.4, 0.5) is 21.0 Å². The number of nitrogens with one attached hydrogen (secondary N) is 2. The van der Waals surface area contributed by atoms with Crippen LogP contribution in [0.2, 0.25) is 0 Å². The van der Waals surface area contributed by atoms with E-state index in [-0.39, 0.29) is 41.3 Å². The highest BCUT2D eigenvalue weighted by atomic mass is 32.2. The molecule has 3 aromatic rings. The predicted octanol–water partition coefficient (Wildman–Crippen LogP) is 1.23. The molecule has 2 heterocycles. The van der Waals surface area contributed by atoms with E-state index in [1.165, 1.54) is 30.6 Å². The fourth-order valence-electron chi connectivity index (χ4n) is 3.27. The smallest absolute Gasteiger partial charge is 0.321 e. The molecule has 1 aliphatic rings. The van der Waals surface area contributed by atoms with Crippen molar-refractivity contribution in [2.75, 3.05) is 24.2 Å². The Bertz CT molecular complexity index is 1280. The molecule has 0 radical (unpaired) electrons. The molecule has 1 aliphatic carbocycles. The number of aliphatic hydroxyl groups is 1. The van der Waals surface area contributed by atoms with Crippen molar-refractivity contribution in [2.45, 2.75) is 22.5 Å². The summed E-state index contributed by atoms with van der Waals surface area (Å²) in [7, 11) is -3.86. The van der Waals surface area contributed by atoms with Crippen molar-refractivity contribution < 1.29 is 22.7 Å². The van der Waals surface area contributed by atoms with Crippen LogP contribution in [0.1, 0.15) is 18.5 Å². The summed E-state index contributed by atoms with van der Waals surface area (Å²) in [6.07, 6.45) is 3.40. The van der Waals surface area contributed by atoms with Gasteiger partial charge in [0.15, 0.2) is 15.7 Å². The number of nitrogens with zero attached hydrogens (tertiary/aromatic N) is 4. The zero-order valence-corrected chi connectivity index (χ0v) is 18.0. The average Bonchev–Trinajstić information content (AvgIpc) is 3.61. The largest absolute Gasteiger partial charge is 0.395 e. The van der Waals surface area contributed by atoms with Crippen molar-refractivity contribution in [1.29, 1.82) is 0 Å². The zero-order chi connectivity index (χ0) is 23.6. The number of benzene rings is 1. The molecule has 5 N–H and O–H groups in total. The number of hydrogen-bond donors (Lipinski definition) is 4. The molecule has 0 bridgehead atoms. The lowest BCUT2D eigenvalue weighted by Gasteiger charge is -2.17. The van der Waals surface area contributed by atoms with E-state index in [1.54, 1.807) is 0 Å². The Balaban J connectivity index is 1.62. The standard InChI is InChI=1S/C20H20FN7O4S/c21-13-1-3-14(4-2-13)33(31,32)20(5-6-20)15-9-16(22)27-17(26-15)12-10-24-18(25-11-12)28-19(30)23-7-8-29/h1-4,9-11,29H,5-8H2,(H2,22,26,27)(H2,23,24,25,28,30). The number of nitrogens with two attached hydrogens (primary N) is 1. The molecule has 172 valence electrons. The van der Waals surface area contributed by atoms with Crippen molar-refractivity contribution in [3.05, 3.63) is 54.2 Å². The van der Waals surface area contributed by atoms with E-state index >= 15 is 0 Å². The Morgan fingerprint density at radius 2 is 1.82 bits per heavy atom. The van der Waals surface area contributed by atoms with Gasteiger partial charge in [-0.15, -0.1) is 0 Å². The van der Waals surface area contributed by atoms with Crippen LogP contribution >= 0.6 is 0 Å². The average molecular weight is 473 g/mol. The van der Waals surface area contributed by atoms with Crippen LogP contribution in [0.25, 0.3) is 11.4 Å². The first-order valence-electron chi connectivity index (χ1n) is 9.88. The number of aliphatic hydroxyl groups excluding tert-OH is 1. The number of aromatic nitrogens is 4. The van der Waals surface area contributed by atoms with Crippen LogP contribution in [0.5, 0.6) is 0 Å². The summed E-state index contributed by atoms with van der Waals surface area (Å²) in [5.41, 5.74) is 6.54. The minimum absolute atomic E-state index is 0.00151. The number of hydrogen-bond acceptors (Lipinski definition) is 9. The molecular formula is C20H20FN7O4S. The molecule has 0 atom stereocenters. The third-order valence-corrected chi connectivity index (χ3v) is 7.63. The quantitative estimate of drug-likeness (QED) is 0.368. The molecule has 0 aliphatic heterocycles. The first-order chi connectivity index (χ1) is 15.7. The van der Waals surface area contributed by atoms with Gasteiger partial charge >= 0.3 is 6.03 Å². The number of rotatable bonds is 7. The first-order valence-corrected chi connectivity index (χ1v) is 11.4. The number of halogens is 1. The third-order valence-electron chi connectivity index (χ3n) is 5.09. The van der Waals surface area contributed by atoms with E-state index in [1.807, 2.05) is 0 Å². The van der Waals surface area contributed by atoms with E-state index in [9.17, 15) is 17.6 Å². The van der Waals surface area contributed by atoms with E-state index in [0.29, 0.717) is 18.4 Å². The number of nitrogen functional groups attached to an aromatic ring is 1. The fraction of sp³-hybridized carbons (Fsp3) is 0.250. The van der Waals surface area contributed by atoms with Gasteiger partial charge in [-0.3, -0.25) is 5.32 Å². The van der Waals surface area contributed by atoms with Gasteiger partial charge in [-0.25, -0.2) is 37.5 Å². The van der Waals surface area contributed by atoms with Gasteiger partial charge in [0.1, 0.15) is 16.4 Å². The van der Waals surface area contributed by atoms with Gasteiger partial charge in [-0.2, -0.15) is 0 Å². The highest BCUT2D eigenvalue weighted by molar-refractivity contribution is 7.92. The lowest BCUT2D eigenvalue weighted by atomic mass is 10.2. The van der Waals surface area contributed by atoms with Gasteiger partial charge in [-0.05, 0) is 37.1 Å². The SMILES string of the molecule is Nc1cc(C2(S(=O)(=O)c3ccc(F)cc3)CC2)nc(-c2cnc(NC(=O)NCCO)nc2)n1. The fourth-order valence-corrected chi connectivity index (χ4v) is 5.23. The lowest BCUT2D eigenvalue weighted by molar-refractivity contribution is 0.244. The lowest BCUT2D eigenvalue weighted by Crippen LogP contribution is -2.31. The minimum atomic E-state index is -3.86. The van der Waals surface area contributed by atoms with Crippen molar-refractivity contribution in [3.8, 4) is 11.4 Å². The molecule has 2 aromatic heterocycles. The highest BCUT2D eigenvalue weighted by Crippen LogP contribution is 2.54. The first kappa shape index (κ1) is 22.5. The van der Waals surface area contributed by atoms with Crippen LogP contribution in [-0.4, -0.2) is 52.6 Å². The number of sulfone groups is 1. The van der Waals surface area contributed by atoms with E-state index in [0.717, 1.165) is 12.1 Å². The highest BCUT2D eigenvalue weighted by Gasteiger charge is 2.57. The molecule has 4 rings (SSSR count). The molecule has 0 unspecified atom stereocenters. The number of urea groups is 1. The molecule has 1 saturated carbocycles. The minimum Gasteiger partial charge on any atom is -0.395 e. The molecule has 11 nitrogen and oxygen atoms in total. The molecule has 0 saturated heterocycles. The molecule has 13 heteroatoms. The summed E-state index contributed by atoms with van der Waals surface area (Å²) in [5.74, 6) is -0.324. The summed E-state index contributed by atoms with van der Waals surface area (Å²) in [6.45, 7) is -0.132. The van der Waals surface area contributed by atoms with Crippen molar-refractivity contribution >= 4 is 27.6 Å². The van der Waals surface area contributed by atoms with Gasteiger partial charge in [0.2, 0.25) is 5.95 Å². The third kappa shape index (κ3) is 4.45. The Morgan fingerprint density at radius 3 is 2.42 bits per heavy atom. The van der Waals surface area contributed by atoms with E-state index in [4.69, 9.17) is 10.8 Å². The molecule has 2 amide bonds. The van der Waals surface area contributed by atoms with Gasteiger partial charge in [-0.1, -0.05) is 0 Å². The second kappa shape index (κ2) is 8.67. The number of amides is 2. The maximum absolute atomic E-state index is 13.3. The number of anilines is 2. The normalized spacial score (nSPS) is 14.5. The van der Waals surface area contributed by atoms with Crippen molar-refractivity contribution in [1.82, 2.24) is 25.3 Å². The Labute approximate surface area is 188 Å². The van der Waals surface area contributed by atoms with Crippen LogP contribution in [0.15, 0.2) is 47.6 Å². The van der Waals surface area contributed by atoms with Gasteiger partial charge in [0, 0.05) is 25.0 Å². The molecule has 33 heavy (non-hydrogen) atoms. The van der Waals surface area contributed by atoms with Crippen LogP contribution in [0.3, 0.4) is 0 Å². The monoisotopic (exact) mass is 473 g/mol. The second-order valence-corrected chi connectivity index (χ2v) is 9.61. The summed E-state index contributed by atoms with van der Waals surface area (Å²) in [6, 6.07) is 5.49. The van der Waals surface area contributed by atoms with Gasteiger partial charge in [0.05, 0.1) is 22.8 Å². The van der Waals surface area contributed by atoms with Crippen LogP contribution in [-0.2, 0) is 14.6 Å². The van der Waals surface area contributed by atoms with Gasteiger partial charge < -0.3 is 16.2 Å². The maximum atomic E-state index is 13.3. The molecular weight excluding hydrogens is 453 g/mol. The summed E-state index contributed by atoms with van der Waals surface area (Å²) in [4.78, 5) is 28.3.